The van der Waals surface area contributed by atoms with Gasteiger partial charge in [-0.25, -0.2) is 0 Å². The van der Waals surface area contributed by atoms with Crippen LogP contribution in [0.15, 0.2) is 0 Å². The fraction of sp³-hybridized carbons (Fsp3) is 0.826. The van der Waals surface area contributed by atoms with Crippen molar-refractivity contribution in [2.24, 2.45) is 11.8 Å². The third kappa shape index (κ3) is 8.58. The van der Waals surface area contributed by atoms with Crippen LogP contribution in [0.4, 0.5) is 0 Å². The Hall–Kier alpha value is -2.20. The summed E-state index contributed by atoms with van der Waals surface area (Å²) in [5, 5.41) is 17.7. The van der Waals surface area contributed by atoms with E-state index in [1.54, 1.807) is 0 Å². The number of rotatable bonds is 12. The first-order valence-corrected chi connectivity index (χ1v) is 12.3. The second-order valence-electron chi connectivity index (χ2n) is 9.69. The van der Waals surface area contributed by atoms with E-state index in [1.807, 2.05) is 27.7 Å². The van der Waals surface area contributed by atoms with Crippen molar-refractivity contribution in [1.29, 1.82) is 0 Å². The Morgan fingerprint density at radius 3 is 1.42 bits per heavy atom. The van der Waals surface area contributed by atoms with E-state index in [-0.39, 0.29) is 47.5 Å². The lowest BCUT2D eigenvalue weighted by Crippen LogP contribution is -2.54. The zero-order chi connectivity index (χ0) is 24.4. The molecule has 0 bridgehead atoms. The van der Waals surface area contributed by atoms with Gasteiger partial charge in [-0.2, -0.15) is 0 Å². The van der Waals surface area contributed by atoms with Gasteiger partial charge in [0.05, 0.1) is 12.1 Å². The van der Waals surface area contributed by atoms with E-state index < -0.39 is 12.1 Å². The quantitative estimate of drug-likeness (QED) is 0.212. The average Bonchev–Trinajstić information content (AvgIpc) is 3.48. The molecule has 2 fully saturated rings. The summed E-state index contributed by atoms with van der Waals surface area (Å²) in [6.45, 7) is 9.99. The summed E-state index contributed by atoms with van der Waals surface area (Å²) in [6, 6.07) is -1.65. The van der Waals surface area contributed by atoms with E-state index >= 15 is 0 Å². The highest BCUT2D eigenvalue weighted by Crippen LogP contribution is 2.09. The molecule has 2 aliphatic rings. The number of carbonyl (C=O) groups is 4. The first-order valence-electron chi connectivity index (χ1n) is 12.3. The van der Waals surface area contributed by atoms with Crippen molar-refractivity contribution in [3.05, 3.63) is 0 Å². The standard InChI is InChI=1S/C23H42N6O4/c1-14(2)18(28-20(30)16-8-5-10-24-16)22(32)26-12-7-13-27-23(33)19(15(3)4)29-21(31)17-9-6-11-25-17/h14-19,24-25H,5-13H2,1-4H3,(H,26,32)(H,27,33)(H,28,30)(H,29,31)/t16-,17-,18-,19-/m0/s1. The molecule has 0 aromatic rings. The monoisotopic (exact) mass is 466 g/mol. The van der Waals surface area contributed by atoms with Gasteiger partial charge in [-0.1, -0.05) is 27.7 Å². The second-order valence-corrected chi connectivity index (χ2v) is 9.69. The molecule has 2 heterocycles. The largest absolute Gasteiger partial charge is 0.354 e. The molecule has 2 saturated heterocycles. The third-order valence-electron chi connectivity index (χ3n) is 6.20. The first kappa shape index (κ1) is 27.0. The minimum Gasteiger partial charge on any atom is -0.354 e. The Bertz CT molecular complexity index is 616. The minimum absolute atomic E-state index is 0.0418. The summed E-state index contributed by atoms with van der Waals surface area (Å²) in [5.41, 5.74) is 0. The molecule has 0 aromatic heterocycles. The minimum atomic E-state index is -0.598. The number of amides is 4. The third-order valence-corrected chi connectivity index (χ3v) is 6.20. The van der Waals surface area contributed by atoms with Crippen LogP contribution < -0.4 is 31.9 Å². The van der Waals surface area contributed by atoms with Crippen molar-refractivity contribution in [3.8, 4) is 0 Å². The normalized spacial score (nSPS) is 22.1. The lowest BCUT2D eigenvalue weighted by atomic mass is 10.0. The smallest absolute Gasteiger partial charge is 0.242 e. The lowest BCUT2D eigenvalue weighted by molar-refractivity contribution is -0.131. The van der Waals surface area contributed by atoms with Gasteiger partial charge in [-0.05, 0) is 57.0 Å². The summed E-state index contributed by atoms with van der Waals surface area (Å²) < 4.78 is 0. The van der Waals surface area contributed by atoms with Crippen molar-refractivity contribution >= 4 is 23.6 Å². The molecular weight excluding hydrogens is 424 g/mol. The summed E-state index contributed by atoms with van der Waals surface area (Å²) >= 11 is 0. The van der Waals surface area contributed by atoms with Crippen LogP contribution in [-0.2, 0) is 19.2 Å². The molecule has 0 aliphatic carbocycles. The molecule has 6 N–H and O–H groups in total. The highest BCUT2D eigenvalue weighted by Gasteiger charge is 2.30. The second kappa shape index (κ2) is 13.5. The van der Waals surface area contributed by atoms with Crippen molar-refractivity contribution in [1.82, 2.24) is 31.9 Å². The van der Waals surface area contributed by atoms with E-state index in [2.05, 4.69) is 31.9 Å². The van der Waals surface area contributed by atoms with Crippen LogP contribution in [0.2, 0.25) is 0 Å². The molecule has 2 aliphatic heterocycles. The topological polar surface area (TPSA) is 140 Å². The Kier molecular flexibility index (Phi) is 11.1. The van der Waals surface area contributed by atoms with Gasteiger partial charge in [0.15, 0.2) is 0 Å². The van der Waals surface area contributed by atoms with Crippen LogP contribution in [-0.4, -0.2) is 74.0 Å². The fourth-order valence-electron chi connectivity index (χ4n) is 4.13. The number of carbonyl (C=O) groups excluding carboxylic acids is 4. The van der Waals surface area contributed by atoms with E-state index in [9.17, 15) is 19.2 Å². The maximum absolute atomic E-state index is 12.6. The van der Waals surface area contributed by atoms with Crippen LogP contribution in [0, 0.1) is 11.8 Å². The van der Waals surface area contributed by atoms with Crippen LogP contribution >= 0.6 is 0 Å². The number of hydrogen-bond acceptors (Lipinski definition) is 6. The van der Waals surface area contributed by atoms with E-state index in [4.69, 9.17) is 0 Å². The Morgan fingerprint density at radius 1 is 0.727 bits per heavy atom. The van der Waals surface area contributed by atoms with Crippen LogP contribution in [0.5, 0.6) is 0 Å². The summed E-state index contributed by atoms with van der Waals surface area (Å²) in [6.07, 6.45) is 4.03. The van der Waals surface area contributed by atoms with E-state index in [0.717, 1.165) is 38.8 Å². The summed E-state index contributed by atoms with van der Waals surface area (Å²) in [7, 11) is 0. The van der Waals surface area contributed by atoms with Gasteiger partial charge in [-0.3, -0.25) is 19.2 Å². The molecule has 0 saturated carbocycles. The van der Waals surface area contributed by atoms with Gasteiger partial charge in [0.1, 0.15) is 12.1 Å². The van der Waals surface area contributed by atoms with Crippen LogP contribution in [0.1, 0.15) is 59.8 Å². The molecule has 0 spiro atoms. The van der Waals surface area contributed by atoms with Gasteiger partial charge in [-0.15, -0.1) is 0 Å². The highest BCUT2D eigenvalue weighted by atomic mass is 16.2. The van der Waals surface area contributed by atoms with Crippen LogP contribution in [0.3, 0.4) is 0 Å². The molecule has 0 radical (unpaired) electrons. The molecule has 0 aromatic carbocycles. The molecular formula is C23H42N6O4. The van der Waals surface area contributed by atoms with Gasteiger partial charge in [0.2, 0.25) is 23.6 Å². The van der Waals surface area contributed by atoms with Gasteiger partial charge >= 0.3 is 0 Å². The Labute approximate surface area is 197 Å². The zero-order valence-corrected chi connectivity index (χ0v) is 20.5. The Morgan fingerprint density at radius 2 is 1.12 bits per heavy atom. The average molecular weight is 467 g/mol. The molecule has 10 heteroatoms. The predicted octanol–water partition coefficient (Wildman–Crippen LogP) is -0.605. The summed E-state index contributed by atoms with van der Waals surface area (Å²) in [5.74, 6) is -0.802. The van der Waals surface area contributed by atoms with Gasteiger partial charge in [0.25, 0.3) is 0 Å². The molecule has 188 valence electrons. The van der Waals surface area contributed by atoms with Crippen molar-refractivity contribution in [2.75, 3.05) is 26.2 Å². The maximum atomic E-state index is 12.6. The highest BCUT2D eigenvalue weighted by molar-refractivity contribution is 5.90. The molecule has 33 heavy (non-hydrogen) atoms. The van der Waals surface area contributed by atoms with Crippen molar-refractivity contribution < 1.29 is 19.2 Å². The lowest BCUT2D eigenvalue weighted by Gasteiger charge is -2.24. The van der Waals surface area contributed by atoms with Crippen molar-refractivity contribution in [3.63, 3.8) is 0 Å². The predicted molar refractivity (Wildman–Crippen MR) is 126 cm³/mol. The van der Waals surface area contributed by atoms with E-state index in [0.29, 0.717) is 19.5 Å². The van der Waals surface area contributed by atoms with E-state index in [1.165, 1.54) is 0 Å². The molecule has 4 amide bonds. The van der Waals surface area contributed by atoms with Crippen molar-refractivity contribution in [2.45, 2.75) is 84.0 Å². The molecule has 4 atom stereocenters. The Balaban J connectivity index is 1.70. The molecule has 0 unspecified atom stereocenters. The zero-order valence-electron chi connectivity index (χ0n) is 20.5. The molecule has 10 nitrogen and oxygen atoms in total. The summed E-state index contributed by atoms with van der Waals surface area (Å²) in [4.78, 5) is 49.9. The van der Waals surface area contributed by atoms with Crippen LogP contribution in [0.25, 0.3) is 0 Å². The van der Waals surface area contributed by atoms with Gasteiger partial charge < -0.3 is 31.9 Å². The first-order chi connectivity index (χ1) is 15.7. The molecule has 2 rings (SSSR count). The maximum Gasteiger partial charge on any atom is 0.242 e. The fourth-order valence-corrected chi connectivity index (χ4v) is 4.13. The number of hydrogen-bond donors (Lipinski definition) is 6. The SMILES string of the molecule is CC(C)[C@H](NC(=O)[C@@H]1CCCN1)C(=O)NCCCNC(=O)[C@@H](NC(=O)[C@@H]1CCCN1)C(C)C. The van der Waals surface area contributed by atoms with Gasteiger partial charge in [0, 0.05) is 13.1 Å². The number of nitrogens with one attached hydrogen (secondary N) is 6.